The number of hydrogen-bond acceptors (Lipinski definition) is 3. The van der Waals surface area contributed by atoms with E-state index in [2.05, 4.69) is 5.32 Å². The van der Waals surface area contributed by atoms with Gasteiger partial charge in [0.05, 0.1) is 6.10 Å². The maximum atomic E-state index is 10.5. The van der Waals surface area contributed by atoms with Crippen LogP contribution >= 0.6 is 0 Å². The molecule has 1 saturated heterocycles. The topological polar surface area (TPSA) is 69.6 Å². The average Bonchev–Trinajstić information content (AvgIpc) is 1.94. The van der Waals surface area contributed by atoms with Gasteiger partial charge in [-0.3, -0.25) is 10.1 Å². The fourth-order valence-corrected chi connectivity index (χ4v) is 1.32. The Kier molecular flexibility index (Phi) is 2.46. The van der Waals surface area contributed by atoms with Gasteiger partial charge in [0.25, 0.3) is 0 Å². The fourth-order valence-electron chi connectivity index (χ4n) is 1.32. The van der Waals surface area contributed by atoms with E-state index in [1.807, 2.05) is 6.92 Å². The normalized spacial score (nSPS) is 38.5. The van der Waals surface area contributed by atoms with Gasteiger partial charge in [-0.25, -0.2) is 0 Å². The van der Waals surface area contributed by atoms with E-state index in [9.17, 15) is 9.90 Å². The molecule has 0 radical (unpaired) electrons. The Labute approximate surface area is 65.2 Å². The minimum absolute atomic E-state index is 0.194. The second-order valence-electron chi connectivity index (χ2n) is 3.03. The van der Waals surface area contributed by atoms with Crippen LogP contribution in [-0.4, -0.2) is 34.4 Å². The first-order chi connectivity index (χ1) is 5.11. The number of aliphatic hydroxyl groups is 1. The largest absolute Gasteiger partial charge is 0.480 e. The zero-order chi connectivity index (χ0) is 8.43. The second kappa shape index (κ2) is 3.19. The molecule has 0 aliphatic carbocycles. The number of piperidine rings is 1. The predicted octanol–water partition coefficient (Wildman–Crippen LogP) is -0.428. The van der Waals surface area contributed by atoms with E-state index in [0.29, 0.717) is 6.42 Å². The number of aliphatic carboxylic acids is 1. The van der Waals surface area contributed by atoms with E-state index in [1.165, 1.54) is 0 Å². The molecule has 11 heavy (non-hydrogen) atoms. The summed E-state index contributed by atoms with van der Waals surface area (Å²) >= 11 is 0. The molecule has 0 amide bonds. The highest BCUT2D eigenvalue weighted by Gasteiger charge is 2.31. The molecule has 3 atom stereocenters. The van der Waals surface area contributed by atoms with Gasteiger partial charge in [-0.15, -0.1) is 0 Å². The summed E-state index contributed by atoms with van der Waals surface area (Å²) < 4.78 is 0. The molecule has 64 valence electrons. The SMILES string of the molecule is C[C@H]1CC[C@@H](O)[C@@H](C(=O)O)N1. The Morgan fingerprint density at radius 2 is 2.18 bits per heavy atom. The molecule has 0 spiro atoms. The second-order valence-corrected chi connectivity index (χ2v) is 3.03. The van der Waals surface area contributed by atoms with Crippen molar-refractivity contribution in [3.05, 3.63) is 0 Å². The highest BCUT2D eigenvalue weighted by Crippen LogP contribution is 2.12. The molecule has 4 nitrogen and oxygen atoms in total. The minimum atomic E-state index is -0.968. The summed E-state index contributed by atoms with van der Waals surface area (Å²) in [4.78, 5) is 10.5. The van der Waals surface area contributed by atoms with Crippen LogP contribution in [0.3, 0.4) is 0 Å². The monoisotopic (exact) mass is 159 g/mol. The molecular formula is C7H13NO3. The van der Waals surface area contributed by atoms with Crippen LogP contribution in [0.2, 0.25) is 0 Å². The Balaban J connectivity index is 2.54. The Bertz CT molecular complexity index is 160. The van der Waals surface area contributed by atoms with Crippen LogP contribution in [0.25, 0.3) is 0 Å². The number of rotatable bonds is 1. The van der Waals surface area contributed by atoms with Crippen molar-refractivity contribution in [2.24, 2.45) is 0 Å². The van der Waals surface area contributed by atoms with Crippen LogP contribution < -0.4 is 5.32 Å². The van der Waals surface area contributed by atoms with Crippen LogP contribution in [0.5, 0.6) is 0 Å². The Hall–Kier alpha value is -0.610. The molecule has 0 aromatic carbocycles. The molecule has 0 bridgehead atoms. The van der Waals surface area contributed by atoms with E-state index >= 15 is 0 Å². The van der Waals surface area contributed by atoms with Crippen molar-refractivity contribution in [3.63, 3.8) is 0 Å². The summed E-state index contributed by atoms with van der Waals surface area (Å²) in [5.74, 6) is -0.968. The van der Waals surface area contributed by atoms with Crippen molar-refractivity contribution in [2.45, 2.75) is 38.0 Å². The molecule has 0 aromatic rings. The maximum absolute atomic E-state index is 10.5. The summed E-state index contributed by atoms with van der Waals surface area (Å²) in [6.07, 6.45) is 0.680. The van der Waals surface area contributed by atoms with Gasteiger partial charge in [-0.1, -0.05) is 0 Å². The number of carboxylic acids is 1. The van der Waals surface area contributed by atoms with Gasteiger partial charge in [-0.2, -0.15) is 0 Å². The van der Waals surface area contributed by atoms with Crippen molar-refractivity contribution in [3.8, 4) is 0 Å². The molecule has 3 N–H and O–H groups in total. The first-order valence-electron chi connectivity index (χ1n) is 3.78. The van der Waals surface area contributed by atoms with Crippen LogP contribution in [-0.2, 0) is 4.79 Å². The summed E-state index contributed by atoms with van der Waals surface area (Å²) in [7, 11) is 0. The molecule has 1 rings (SSSR count). The van der Waals surface area contributed by atoms with Gasteiger partial charge in [0.15, 0.2) is 0 Å². The molecule has 1 aliphatic heterocycles. The lowest BCUT2D eigenvalue weighted by Crippen LogP contribution is -2.53. The maximum Gasteiger partial charge on any atom is 0.323 e. The summed E-state index contributed by atoms with van der Waals surface area (Å²) in [5, 5.41) is 20.6. The molecule has 4 heteroatoms. The standard InChI is InChI=1S/C7H13NO3/c1-4-2-3-5(9)6(8-4)7(10)11/h4-6,8-9H,2-3H2,1H3,(H,10,11)/t4-,5+,6-/m0/s1. The molecular weight excluding hydrogens is 146 g/mol. The average molecular weight is 159 g/mol. The lowest BCUT2D eigenvalue weighted by molar-refractivity contribution is -0.143. The Morgan fingerprint density at radius 3 is 2.64 bits per heavy atom. The number of carbonyl (C=O) groups is 1. The van der Waals surface area contributed by atoms with Crippen molar-refractivity contribution < 1.29 is 15.0 Å². The zero-order valence-electron chi connectivity index (χ0n) is 6.45. The van der Waals surface area contributed by atoms with Gasteiger partial charge in [0, 0.05) is 6.04 Å². The first-order valence-corrected chi connectivity index (χ1v) is 3.78. The van der Waals surface area contributed by atoms with Crippen LogP contribution in [0.15, 0.2) is 0 Å². The predicted molar refractivity (Wildman–Crippen MR) is 39.3 cm³/mol. The lowest BCUT2D eigenvalue weighted by atomic mass is 9.97. The van der Waals surface area contributed by atoms with Crippen LogP contribution in [0, 0.1) is 0 Å². The third-order valence-electron chi connectivity index (χ3n) is 2.01. The van der Waals surface area contributed by atoms with Crippen LogP contribution in [0.1, 0.15) is 19.8 Å². The van der Waals surface area contributed by atoms with E-state index in [1.54, 1.807) is 0 Å². The van der Waals surface area contributed by atoms with Gasteiger partial charge in [-0.05, 0) is 19.8 Å². The molecule has 1 heterocycles. The highest BCUT2D eigenvalue weighted by atomic mass is 16.4. The number of aliphatic hydroxyl groups excluding tert-OH is 1. The third kappa shape index (κ3) is 1.91. The third-order valence-corrected chi connectivity index (χ3v) is 2.01. The summed E-state index contributed by atoms with van der Waals surface area (Å²) in [6, 6.07) is -0.585. The quantitative estimate of drug-likeness (QED) is 0.485. The zero-order valence-corrected chi connectivity index (χ0v) is 6.45. The first kappa shape index (κ1) is 8.49. The van der Waals surface area contributed by atoms with Crippen molar-refractivity contribution in [1.82, 2.24) is 5.32 Å². The van der Waals surface area contributed by atoms with Crippen LogP contribution in [0.4, 0.5) is 0 Å². The van der Waals surface area contributed by atoms with E-state index in [4.69, 9.17) is 5.11 Å². The molecule has 0 unspecified atom stereocenters. The van der Waals surface area contributed by atoms with Gasteiger partial charge in [0.2, 0.25) is 0 Å². The summed E-state index contributed by atoms with van der Waals surface area (Å²) in [6.45, 7) is 1.92. The van der Waals surface area contributed by atoms with E-state index in [-0.39, 0.29) is 6.04 Å². The fraction of sp³-hybridized carbons (Fsp3) is 0.857. The number of hydrogen-bond donors (Lipinski definition) is 3. The molecule has 0 aromatic heterocycles. The number of nitrogens with one attached hydrogen (secondary N) is 1. The van der Waals surface area contributed by atoms with Crippen molar-refractivity contribution in [1.29, 1.82) is 0 Å². The minimum Gasteiger partial charge on any atom is -0.480 e. The van der Waals surface area contributed by atoms with Gasteiger partial charge < -0.3 is 10.2 Å². The Morgan fingerprint density at radius 1 is 1.55 bits per heavy atom. The smallest absolute Gasteiger partial charge is 0.323 e. The van der Waals surface area contributed by atoms with E-state index < -0.39 is 18.1 Å². The summed E-state index contributed by atoms with van der Waals surface area (Å²) in [5.41, 5.74) is 0. The molecule has 1 aliphatic rings. The number of carboxylic acid groups (broad SMARTS) is 1. The molecule has 0 saturated carbocycles. The van der Waals surface area contributed by atoms with Gasteiger partial charge in [0.1, 0.15) is 6.04 Å². The van der Waals surface area contributed by atoms with E-state index in [0.717, 1.165) is 6.42 Å². The van der Waals surface area contributed by atoms with Gasteiger partial charge >= 0.3 is 5.97 Å². The molecule has 1 fully saturated rings. The van der Waals surface area contributed by atoms with Crippen molar-refractivity contribution in [2.75, 3.05) is 0 Å². The highest BCUT2D eigenvalue weighted by molar-refractivity contribution is 5.74. The lowest BCUT2D eigenvalue weighted by Gasteiger charge is -2.30. The van der Waals surface area contributed by atoms with Crippen molar-refractivity contribution >= 4 is 5.97 Å².